The number of anilines is 4. The first-order chi connectivity index (χ1) is 14.9. The van der Waals surface area contributed by atoms with Gasteiger partial charge in [-0.2, -0.15) is 28.1 Å². The molecule has 0 atom stereocenters. The largest absolute Gasteiger partial charge is 0.497 e. The van der Waals surface area contributed by atoms with Gasteiger partial charge < -0.3 is 25.8 Å². The molecule has 11 heteroatoms. The van der Waals surface area contributed by atoms with Gasteiger partial charge in [0.05, 0.1) is 19.3 Å². The van der Waals surface area contributed by atoms with Gasteiger partial charge in [0, 0.05) is 18.8 Å². The van der Waals surface area contributed by atoms with Crippen LogP contribution in [0.3, 0.4) is 0 Å². The molecule has 0 spiro atoms. The van der Waals surface area contributed by atoms with E-state index in [0.717, 1.165) is 12.1 Å². The van der Waals surface area contributed by atoms with Gasteiger partial charge in [0.15, 0.2) is 0 Å². The summed E-state index contributed by atoms with van der Waals surface area (Å²) in [5.41, 5.74) is 0.392. The van der Waals surface area contributed by atoms with Crippen LogP contribution in [0.2, 0.25) is 0 Å². The topological polar surface area (TPSA) is 104 Å². The SMILES string of the molecule is COc1ccc(Nc2nc(NCCO)nc(NCc3cccc(C(F)(F)F)c3)n2)cc1. The van der Waals surface area contributed by atoms with Crippen LogP contribution in [-0.2, 0) is 12.7 Å². The lowest BCUT2D eigenvalue weighted by molar-refractivity contribution is -0.137. The molecule has 3 aromatic rings. The third kappa shape index (κ3) is 6.44. The maximum Gasteiger partial charge on any atom is 0.416 e. The lowest BCUT2D eigenvalue weighted by atomic mass is 10.1. The fourth-order valence-electron chi connectivity index (χ4n) is 2.60. The van der Waals surface area contributed by atoms with Crippen LogP contribution in [0, 0.1) is 0 Å². The molecule has 31 heavy (non-hydrogen) atoms. The number of aliphatic hydroxyl groups excluding tert-OH is 1. The van der Waals surface area contributed by atoms with Crippen LogP contribution in [0.1, 0.15) is 11.1 Å². The summed E-state index contributed by atoms with van der Waals surface area (Å²) >= 11 is 0. The Kier molecular flexibility index (Phi) is 7.08. The fourth-order valence-corrected chi connectivity index (χ4v) is 2.60. The van der Waals surface area contributed by atoms with E-state index >= 15 is 0 Å². The third-order valence-corrected chi connectivity index (χ3v) is 4.08. The van der Waals surface area contributed by atoms with Crippen molar-refractivity contribution >= 4 is 23.5 Å². The van der Waals surface area contributed by atoms with E-state index in [9.17, 15) is 13.2 Å². The van der Waals surface area contributed by atoms with Crippen LogP contribution < -0.4 is 20.7 Å². The number of alkyl halides is 3. The molecule has 0 bridgehead atoms. The zero-order valence-corrected chi connectivity index (χ0v) is 16.6. The molecule has 0 saturated heterocycles. The molecule has 3 rings (SSSR count). The van der Waals surface area contributed by atoms with Gasteiger partial charge >= 0.3 is 6.18 Å². The molecular weight excluding hydrogens is 413 g/mol. The average Bonchev–Trinajstić information content (AvgIpc) is 2.76. The zero-order chi connectivity index (χ0) is 22.3. The number of halogens is 3. The van der Waals surface area contributed by atoms with E-state index in [2.05, 4.69) is 30.9 Å². The van der Waals surface area contributed by atoms with Crippen molar-refractivity contribution in [1.82, 2.24) is 15.0 Å². The lowest BCUT2D eigenvalue weighted by Crippen LogP contribution is -2.13. The van der Waals surface area contributed by atoms with Crippen molar-refractivity contribution < 1.29 is 23.0 Å². The van der Waals surface area contributed by atoms with E-state index in [1.807, 2.05) is 0 Å². The van der Waals surface area contributed by atoms with E-state index in [1.54, 1.807) is 37.4 Å². The predicted molar refractivity (Wildman–Crippen MR) is 110 cm³/mol. The quantitative estimate of drug-likeness (QED) is 0.405. The molecule has 0 radical (unpaired) electrons. The van der Waals surface area contributed by atoms with E-state index in [0.29, 0.717) is 17.0 Å². The Bertz CT molecular complexity index is 999. The van der Waals surface area contributed by atoms with Crippen LogP contribution in [0.4, 0.5) is 36.7 Å². The van der Waals surface area contributed by atoms with Gasteiger partial charge in [0.2, 0.25) is 17.8 Å². The fraction of sp³-hybridized carbons (Fsp3) is 0.250. The summed E-state index contributed by atoms with van der Waals surface area (Å²) in [4.78, 5) is 12.7. The summed E-state index contributed by atoms with van der Waals surface area (Å²) in [7, 11) is 1.57. The van der Waals surface area contributed by atoms with Crippen molar-refractivity contribution in [2.24, 2.45) is 0 Å². The van der Waals surface area contributed by atoms with Gasteiger partial charge in [0.25, 0.3) is 0 Å². The number of nitrogens with zero attached hydrogens (tertiary/aromatic N) is 3. The number of methoxy groups -OCH3 is 1. The highest BCUT2D eigenvalue weighted by Gasteiger charge is 2.30. The van der Waals surface area contributed by atoms with Crippen LogP contribution >= 0.6 is 0 Å². The van der Waals surface area contributed by atoms with Crippen molar-refractivity contribution in [1.29, 1.82) is 0 Å². The van der Waals surface area contributed by atoms with Gasteiger partial charge in [-0.25, -0.2) is 0 Å². The normalized spacial score (nSPS) is 11.1. The Morgan fingerprint density at radius 2 is 1.61 bits per heavy atom. The smallest absolute Gasteiger partial charge is 0.416 e. The Morgan fingerprint density at radius 1 is 0.935 bits per heavy atom. The van der Waals surface area contributed by atoms with Crippen LogP contribution in [0.15, 0.2) is 48.5 Å². The number of aromatic nitrogens is 3. The van der Waals surface area contributed by atoms with E-state index < -0.39 is 11.7 Å². The first-order valence-electron chi connectivity index (χ1n) is 9.29. The molecule has 4 N–H and O–H groups in total. The minimum absolute atomic E-state index is 0.0787. The Labute approximate surface area is 176 Å². The Balaban J connectivity index is 1.77. The second-order valence-electron chi connectivity index (χ2n) is 6.36. The van der Waals surface area contributed by atoms with Gasteiger partial charge in [-0.3, -0.25) is 0 Å². The Morgan fingerprint density at radius 3 is 2.26 bits per heavy atom. The standard InChI is InChI=1S/C20H21F3N6O2/c1-31-16-7-5-15(6-8-16)26-19-28-17(24-9-10-30)27-18(29-19)25-12-13-3-2-4-14(11-13)20(21,22)23/h2-8,11,30H,9-10,12H2,1H3,(H3,24,25,26,27,28,29). The van der Waals surface area contributed by atoms with Crippen molar-refractivity contribution in [3.8, 4) is 5.75 Å². The summed E-state index contributed by atoms with van der Waals surface area (Å²) in [6, 6.07) is 12.1. The summed E-state index contributed by atoms with van der Waals surface area (Å²) < 4.78 is 43.9. The predicted octanol–water partition coefficient (Wildman–Crippen LogP) is 3.66. The number of aliphatic hydroxyl groups is 1. The highest BCUT2D eigenvalue weighted by Crippen LogP contribution is 2.29. The maximum absolute atomic E-state index is 12.9. The Hall–Kier alpha value is -3.60. The van der Waals surface area contributed by atoms with Crippen LogP contribution in [0.25, 0.3) is 0 Å². The molecule has 0 saturated carbocycles. The maximum atomic E-state index is 12.9. The van der Waals surface area contributed by atoms with Crippen molar-refractivity contribution in [2.75, 3.05) is 36.2 Å². The minimum atomic E-state index is -4.42. The number of rotatable bonds is 9. The minimum Gasteiger partial charge on any atom is -0.497 e. The van der Waals surface area contributed by atoms with Gasteiger partial charge in [0.1, 0.15) is 5.75 Å². The van der Waals surface area contributed by atoms with E-state index in [-0.39, 0.29) is 37.5 Å². The van der Waals surface area contributed by atoms with Gasteiger partial charge in [-0.05, 0) is 42.0 Å². The second kappa shape index (κ2) is 9.94. The molecule has 0 unspecified atom stereocenters. The molecule has 0 amide bonds. The number of benzene rings is 2. The van der Waals surface area contributed by atoms with Crippen molar-refractivity contribution in [2.45, 2.75) is 12.7 Å². The average molecular weight is 434 g/mol. The number of hydrogen-bond donors (Lipinski definition) is 4. The second-order valence-corrected chi connectivity index (χ2v) is 6.36. The summed E-state index contributed by atoms with van der Waals surface area (Å²) in [5.74, 6) is 1.26. The first-order valence-corrected chi connectivity index (χ1v) is 9.29. The highest BCUT2D eigenvalue weighted by atomic mass is 19.4. The summed E-state index contributed by atoms with van der Waals surface area (Å²) in [5, 5.41) is 17.8. The molecule has 164 valence electrons. The monoisotopic (exact) mass is 434 g/mol. The van der Waals surface area contributed by atoms with E-state index in [1.165, 1.54) is 6.07 Å². The first kappa shape index (κ1) is 22.1. The van der Waals surface area contributed by atoms with E-state index in [4.69, 9.17) is 9.84 Å². The molecule has 0 aliphatic carbocycles. The molecule has 8 nitrogen and oxygen atoms in total. The molecule has 1 heterocycles. The molecule has 0 aliphatic heterocycles. The van der Waals surface area contributed by atoms with Gasteiger partial charge in [-0.15, -0.1) is 0 Å². The molecular formula is C20H21F3N6O2. The highest BCUT2D eigenvalue weighted by molar-refractivity contribution is 5.56. The van der Waals surface area contributed by atoms with Crippen molar-refractivity contribution in [3.05, 3.63) is 59.7 Å². The number of ether oxygens (including phenoxy) is 1. The summed E-state index contributed by atoms with van der Waals surface area (Å²) in [6.07, 6.45) is -4.42. The van der Waals surface area contributed by atoms with Crippen LogP contribution in [0.5, 0.6) is 5.75 Å². The molecule has 0 aliphatic rings. The lowest BCUT2D eigenvalue weighted by Gasteiger charge is -2.12. The van der Waals surface area contributed by atoms with Gasteiger partial charge in [-0.1, -0.05) is 12.1 Å². The molecule has 0 fully saturated rings. The van der Waals surface area contributed by atoms with Crippen LogP contribution in [-0.4, -0.2) is 40.3 Å². The summed E-state index contributed by atoms with van der Waals surface area (Å²) in [6.45, 7) is 0.175. The molecule has 2 aromatic carbocycles. The third-order valence-electron chi connectivity index (χ3n) is 4.08. The number of nitrogens with one attached hydrogen (secondary N) is 3. The molecule has 1 aromatic heterocycles. The zero-order valence-electron chi connectivity index (χ0n) is 16.6. The number of hydrogen-bond acceptors (Lipinski definition) is 8. The van der Waals surface area contributed by atoms with Crippen molar-refractivity contribution in [3.63, 3.8) is 0 Å².